The van der Waals surface area contributed by atoms with Gasteiger partial charge in [0.25, 0.3) is 0 Å². The number of methoxy groups -OCH3 is 1. The van der Waals surface area contributed by atoms with Crippen LogP contribution in [0.3, 0.4) is 0 Å². The van der Waals surface area contributed by atoms with Crippen molar-refractivity contribution in [2.75, 3.05) is 47.9 Å². The topological polar surface area (TPSA) is 66.4 Å². The Hall–Kier alpha value is -2.35. The predicted octanol–water partition coefficient (Wildman–Crippen LogP) is 1.48. The van der Waals surface area contributed by atoms with Gasteiger partial charge in [0.2, 0.25) is 5.91 Å². The first-order chi connectivity index (χ1) is 12.9. The van der Waals surface area contributed by atoms with Gasteiger partial charge in [0.15, 0.2) is 17.5 Å². The lowest BCUT2D eigenvalue weighted by Crippen LogP contribution is -2.42. The van der Waals surface area contributed by atoms with Crippen molar-refractivity contribution in [1.29, 1.82) is 0 Å². The van der Waals surface area contributed by atoms with Crippen molar-refractivity contribution in [1.82, 2.24) is 15.1 Å². The Bertz CT molecular complexity index is 660. The van der Waals surface area contributed by atoms with E-state index in [-0.39, 0.29) is 24.3 Å². The fourth-order valence-electron chi connectivity index (χ4n) is 2.76. The third-order valence-electron chi connectivity index (χ3n) is 4.37. The molecule has 1 fully saturated rings. The first-order valence-corrected chi connectivity index (χ1v) is 9.04. The number of hydrogen-bond donors (Lipinski definition) is 1. The lowest BCUT2D eigenvalue weighted by molar-refractivity contribution is -0.127. The largest absolute Gasteiger partial charge is 0.494 e. The maximum Gasteiger partial charge on any atom is 0.243 e. The molecule has 1 amide bonds. The van der Waals surface area contributed by atoms with Crippen LogP contribution in [-0.2, 0) is 16.1 Å². The van der Waals surface area contributed by atoms with E-state index >= 15 is 0 Å². The number of benzene rings is 1. The zero-order chi connectivity index (χ0) is 19.8. The van der Waals surface area contributed by atoms with Crippen LogP contribution >= 0.6 is 0 Å². The monoisotopic (exact) mass is 380 g/mol. The molecule has 1 aromatic carbocycles. The molecule has 8 heteroatoms. The Morgan fingerprint density at radius 1 is 1.41 bits per heavy atom. The van der Waals surface area contributed by atoms with E-state index in [4.69, 9.17) is 9.47 Å². The summed E-state index contributed by atoms with van der Waals surface area (Å²) >= 11 is 0. The highest BCUT2D eigenvalue weighted by Crippen LogP contribution is 2.18. The van der Waals surface area contributed by atoms with E-state index in [2.05, 4.69) is 10.3 Å². The molecule has 0 saturated carbocycles. The molecule has 1 saturated heterocycles. The predicted molar refractivity (Wildman–Crippen MR) is 102 cm³/mol. The van der Waals surface area contributed by atoms with Crippen molar-refractivity contribution in [3.8, 4) is 5.75 Å². The van der Waals surface area contributed by atoms with Crippen LogP contribution in [0, 0.1) is 5.82 Å². The van der Waals surface area contributed by atoms with Gasteiger partial charge in [-0.15, -0.1) is 0 Å². The van der Waals surface area contributed by atoms with E-state index in [1.54, 1.807) is 26.2 Å². The first kappa shape index (κ1) is 21.0. The van der Waals surface area contributed by atoms with E-state index in [1.165, 1.54) is 18.1 Å². The summed E-state index contributed by atoms with van der Waals surface area (Å²) in [5.41, 5.74) is 0.779. The summed E-state index contributed by atoms with van der Waals surface area (Å²) in [6, 6.07) is 4.85. The lowest BCUT2D eigenvalue weighted by atomic mass is 10.2. The van der Waals surface area contributed by atoms with Gasteiger partial charge in [-0.2, -0.15) is 0 Å². The average Bonchev–Trinajstić information content (AvgIpc) is 3.15. The van der Waals surface area contributed by atoms with Crippen LogP contribution in [-0.4, -0.2) is 75.7 Å². The molecule has 1 aliphatic rings. The van der Waals surface area contributed by atoms with E-state index in [9.17, 15) is 9.18 Å². The van der Waals surface area contributed by atoms with E-state index in [0.29, 0.717) is 19.0 Å². The first-order valence-electron chi connectivity index (χ1n) is 9.04. The van der Waals surface area contributed by atoms with Gasteiger partial charge in [0, 0.05) is 40.8 Å². The zero-order valence-corrected chi connectivity index (χ0v) is 16.5. The highest BCUT2D eigenvalue weighted by atomic mass is 19.1. The maximum atomic E-state index is 13.9. The van der Waals surface area contributed by atoms with E-state index in [0.717, 1.165) is 25.0 Å². The number of carbonyl (C=O) groups excluding carboxylic acids is 1. The summed E-state index contributed by atoms with van der Waals surface area (Å²) in [7, 11) is 6.68. The van der Waals surface area contributed by atoms with Crippen LogP contribution in [0.4, 0.5) is 4.39 Å². The molecule has 2 rings (SSSR count). The van der Waals surface area contributed by atoms with Crippen LogP contribution in [0.15, 0.2) is 23.2 Å². The number of carbonyl (C=O) groups is 1. The molecule has 0 aromatic heterocycles. The minimum atomic E-state index is -0.406. The fourth-order valence-corrected chi connectivity index (χ4v) is 2.76. The van der Waals surface area contributed by atoms with Crippen molar-refractivity contribution in [2.24, 2.45) is 4.99 Å². The minimum absolute atomic E-state index is 0.0438. The fraction of sp³-hybridized carbons (Fsp3) is 0.579. The highest BCUT2D eigenvalue weighted by molar-refractivity contribution is 5.84. The molecule has 1 N–H and O–H groups in total. The normalized spacial score (nSPS) is 16.9. The quantitative estimate of drug-likeness (QED) is 0.573. The van der Waals surface area contributed by atoms with Crippen molar-refractivity contribution < 1.29 is 18.7 Å². The molecule has 7 nitrogen and oxygen atoms in total. The van der Waals surface area contributed by atoms with Gasteiger partial charge in [-0.05, 0) is 30.5 Å². The van der Waals surface area contributed by atoms with Gasteiger partial charge in [0.1, 0.15) is 6.54 Å². The summed E-state index contributed by atoms with van der Waals surface area (Å²) in [5.74, 6) is 0.299. The summed E-state index contributed by atoms with van der Waals surface area (Å²) in [6.45, 7) is 1.88. The Morgan fingerprint density at radius 2 is 2.19 bits per heavy atom. The number of halogens is 1. The molecule has 0 aliphatic carbocycles. The van der Waals surface area contributed by atoms with Crippen LogP contribution in [0.25, 0.3) is 0 Å². The smallest absolute Gasteiger partial charge is 0.243 e. The van der Waals surface area contributed by atoms with E-state index < -0.39 is 5.82 Å². The van der Waals surface area contributed by atoms with Crippen LogP contribution in [0.1, 0.15) is 18.4 Å². The van der Waals surface area contributed by atoms with Crippen molar-refractivity contribution in [2.45, 2.75) is 25.5 Å². The molecule has 0 bridgehead atoms. The molecule has 150 valence electrons. The van der Waals surface area contributed by atoms with Crippen LogP contribution < -0.4 is 10.1 Å². The number of amides is 1. The number of hydrogen-bond acceptors (Lipinski definition) is 4. The molecule has 0 spiro atoms. The number of rotatable bonds is 7. The Labute approximate surface area is 160 Å². The molecular formula is C19H29FN4O3. The van der Waals surface area contributed by atoms with Gasteiger partial charge in [-0.3, -0.25) is 4.79 Å². The number of nitrogens with one attached hydrogen (secondary N) is 1. The van der Waals surface area contributed by atoms with Gasteiger partial charge < -0.3 is 24.6 Å². The summed E-state index contributed by atoms with van der Waals surface area (Å²) in [6.07, 6.45) is 2.20. The molecule has 1 atom stereocenters. The van der Waals surface area contributed by atoms with Gasteiger partial charge >= 0.3 is 0 Å². The molecule has 1 heterocycles. The van der Waals surface area contributed by atoms with E-state index in [1.807, 2.05) is 11.9 Å². The second-order valence-electron chi connectivity index (χ2n) is 6.77. The van der Waals surface area contributed by atoms with Gasteiger partial charge in [-0.1, -0.05) is 6.07 Å². The maximum absolute atomic E-state index is 13.9. The number of aliphatic imine (C=N–C) groups is 1. The Kier molecular flexibility index (Phi) is 7.84. The van der Waals surface area contributed by atoms with Crippen molar-refractivity contribution in [3.05, 3.63) is 29.6 Å². The van der Waals surface area contributed by atoms with Crippen LogP contribution in [0.2, 0.25) is 0 Å². The third-order valence-corrected chi connectivity index (χ3v) is 4.37. The van der Waals surface area contributed by atoms with Gasteiger partial charge in [0.05, 0.1) is 13.2 Å². The number of ether oxygens (including phenoxy) is 2. The minimum Gasteiger partial charge on any atom is -0.494 e. The number of guanidine groups is 1. The molecule has 0 radical (unpaired) electrons. The SMILES string of the molecule is COc1ccc(CN(C)C(=NCC(=O)N(C)C)NCC2CCCO2)cc1F. The molecule has 27 heavy (non-hydrogen) atoms. The van der Waals surface area contributed by atoms with Crippen molar-refractivity contribution >= 4 is 11.9 Å². The summed E-state index contributed by atoms with van der Waals surface area (Å²) in [5, 5.41) is 3.27. The Balaban J connectivity index is 2.05. The van der Waals surface area contributed by atoms with Crippen molar-refractivity contribution in [3.63, 3.8) is 0 Å². The van der Waals surface area contributed by atoms with Crippen LogP contribution in [0.5, 0.6) is 5.75 Å². The zero-order valence-electron chi connectivity index (χ0n) is 16.5. The Morgan fingerprint density at radius 3 is 2.78 bits per heavy atom. The molecule has 1 aliphatic heterocycles. The highest BCUT2D eigenvalue weighted by Gasteiger charge is 2.17. The standard InChI is InChI=1S/C19H29FN4O3/c1-23(2)18(25)12-22-19(21-11-15-6-5-9-27-15)24(3)13-14-7-8-17(26-4)16(20)10-14/h7-8,10,15H,5-6,9,11-13H2,1-4H3,(H,21,22). The molecule has 1 unspecified atom stereocenters. The number of likely N-dealkylation sites (N-methyl/N-ethyl adjacent to an activating group) is 1. The summed E-state index contributed by atoms with van der Waals surface area (Å²) in [4.78, 5) is 19.7. The second kappa shape index (κ2) is 10.1. The lowest BCUT2D eigenvalue weighted by Gasteiger charge is -2.24. The average molecular weight is 380 g/mol. The molecule has 1 aromatic rings. The molecular weight excluding hydrogens is 351 g/mol. The third kappa shape index (κ3) is 6.39. The van der Waals surface area contributed by atoms with Gasteiger partial charge in [-0.25, -0.2) is 9.38 Å². The number of nitrogens with zero attached hydrogens (tertiary/aromatic N) is 3. The second-order valence-corrected chi connectivity index (χ2v) is 6.77. The summed E-state index contributed by atoms with van der Waals surface area (Å²) < 4.78 is 24.5.